The number of pyridine rings is 1. The second-order valence-corrected chi connectivity index (χ2v) is 3.90. The Bertz CT molecular complexity index is 279. The molecule has 0 unspecified atom stereocenters. The molecule has 72 valence electrons. The van der Waals surface area contributed by atoms with Gasteiger partial charge in [-0.15, -0.1) is 0 Å². The summed E-state index contributed by atoms with van der Waals surface area (Å²) in [6, 6.07) is 4.21. The zero-order valence-corrected chi connectivity index (χ0v) is 10.1. The van der Waals surface area contributed by atoms with Gasteiger partial charge in [0, 0.05) is 5.69 Å². The minimum atomic E-state index is 0.815. The average Bonchev–Trinajstić information content (AvgIpc) is 2.91. The van der Waals surface area contributed by atoms with E-state index < -0.39 is 0 Å². The van der Waals surface area contributed by atoms with Crippen molar-refractivity contribution < 1.29 is 0 Å². The van der Waals surface area contributed by atoms with Crippen molar-refractivity contribution in [3.05, 3.63) is 28.0 Å². The molecule has 1 aliphatic carbocycles. The van der Waals surface area contributed by atoms with E-state index in [4.69, 9.17) is 0 Å². The smallest absolute Gasteiger partial charge is 0.106 e. The van der Waals surface area contributed by atoms with Crippen LogP contribution in [0.1, 0.15) is 43.9 Å². The maximum atomic E-state index is 4.35. The maximum Gasteiger partial charge on any atom is 0.106 e. The summed E-state index contributed by atoms with van der Waals surface area (Å²) in [5.74, 6) is 0.815. The summed E-state index contributed by atoms with van der Waals surface area (Å²) in [4.78, 5) is 4.35. The molecule has 2 heteroatoms. The van der Waals surface area contributed by atoms with Crippen LogP contribution in [-0.4, -0.2) is 4.98 Å². The Morgan fingerprint density at radius 2 is 1.92 bits per heavy atom. The van der Waals surface area contributed by atoms with Gasteiger partial charge in [-0.25, -0.2) is 4.98 Å². The highest BCUT2D eigenvalue weighted by atomic mass is 79.9. The van der Waals surface area contributed by atoms with Gasteiger partial charge in [-0.1, -0.05) is 19.9 Å². The van der Waals surface area contributed by atoms with Crippen LogP contribution in [0.15, 0.2) is 16.7 Å². The number of aryl methyl sites for hydroxylation is 1. The average molecular weight is 242 g/mol. The Hall–Kier alpha value is -0.370. The first-order valence-corrected chi connectivity index (χ1v) is 5.70. The van der Waals surface area contributed by atoms with Crippen molar-refractivity contribution in [2.24, 2.45) is 0 Å². The lowest BCUT2D eigenvalue weighted by Crippen LogP contribution is -1.89. The van der Waals surface area contributed by atoms with Crippen molar-refractivity contribution in [1.29, 1.82) is 0 Å². The second-order valence-electron chi connectivity index (χ2n) is 3.08. The number of rotatable bonds is 1. The van der Waals surface area contributed by atoms with Crippen molar-refractivity contribution in [2.45, 2.75) is 39.5 Å². The highest BCUT2D eigenvalue weighted by Crippen LogP contribution is 2.41. The molecule has 0 spiro atoms. The molecule has 1 heterocycles. The molecule has 0 aliphatic heterocycles. The van der Waals surface area contributed by atoms with E-state index in [1.54, 1.807) is 0 Å². The van der Waals surface area contributed by atoms with Gasteiger partial charge in [-0.3, -0.25) is 0 Å². The van der Waals surface area contributed by atoms with Crippen LogP contribution in [0.25, 0.3) is 0 Å². The molecule has 1 nitrogen and oxygen atoms in total. The molecule has 0 amide bonds. The number of hydrogen-bond acceptors (Lipinski definition) is 1. The minimum absolute atomic E-state index is 0.815. The van der Waals surface area contributed by atoms with E-state index in [1.165, 1.54) is 24.1 Å². The van der Waals surface area contributed by atoms with Crippen LogP contribution in [0.3, 0.4) is 0 Å². The Balaban J connectivity index is 0.000000396. The highest BCUT2D eigenvalue weighted by molar-refractivity contribution is 9.10. The van der Waals surface area contributed by atoms with E-state index in [1.807, 2.05) is 19.9 Å². The Morgan fingerprint density at radius 1 is 1.31 bits per heavy atom. The van der Waals surface area contributed by atoms with Gasteiger partial charge in [0.1, 0.15) is 4.60 Å². The molecule has 0 saturated heterocycles. The first kappa shape index (κ1) is 10.7. The zero-order chi connectivity index (χ0) is 9.84. The van der Waals surface area contributed by atoms with E-state index in [9.17, 15) is 0 Å². The van der Waals surface area contributed by atoms with E-state index in [-0.39, 0.29) is 0 Å². The summed E-state index contributed by atoms with van der Waals surface area (Å²) >= 11 is 3.35. The first-order chi connectivity index (χ1) is 6.27. The monoisotopic (exact) mass is 241 g/mol. The fourth-order valence-corrected chi connectivity index (χ4v) is 1.77. The maximum absolute atomic E-state index is 4.35. The van der Waals surface area contributed by atoms with Crippen LogP contribution in [-0.2, 0) is 0 Å². The molecule has 0 bridgehead atoms. The fraction of sp³-hybridized carbons (Fsp3) is 0.545. The van der Waals surface area contributed by atoms with Gasteiger partial charge in [-0.05, 0) is 53.2 Å². The van der Waals surface area contributed by atoms with Crippen molar-refractivity contribution >= 4 is 15.9 Å². The van der Waals surface area contributed by atoms with Gasteiger partial charge in [0.05, 0.1) is 0 Å². The molecule has 2 rings (SSSR count). The molecule has 13 heavy (non-hydrogen) atoms. The van der Waals surface area contributed by atoms with Crippen LogP contribution in [0.2, 0.25) is 0 Å². The number of halogens is 1. The van der Waals surface area contributed by atoms with Crippen molar-refractivity contribution in [2.75, 3.05) is 0 Å². The summed E-state index contributed by atoms with van der Waals surface area (Å²) in [7, 11) is 0. The number of nitrogens with zero attached hydrogens (tertiary/aromatic N) is 1. The van der Waals surface area contributed by atoms with E-state index in [0.717, 1.165) is 10.5 Å². The SMILES string of the molecule is CC.Cc1nc(Br)ccc1C1CC1. The van der Waals surface area contributed by atoms with Gasteiger partial charge < -0.3 is 0 Å². The molecular weight excluding hydrogens is 226 g/mol. The first-order valence-electron chi connectivity index (χ1n) is 4.90. The Labute approximate surface area is 88.7 Å². The molecule has 1 aliphatic rings. The quantitative estimate of drug-likeness (QED) is 0.677. The standard InChI is InChI=1S/C9H10BrN.C2H6/c1-6-8(7-2-3-7)4-5-9(10)11-6;1-2/h4-5,7H,2-3H2,1H3;1-2H3. The lowest BCUT2D eigenvalue weighted by atomic mass is 10.1. The third-order valence-electron chi connectivity index (χ3n) is 2.11. The van der Waals surface area contributed by atoms with Gasteiger partial charge >= 0.3 is 0 Å². The van der Waals surface area contributed by atoms with Crippen LogP contribution < -0.4 is 0 Å². The number of aromatic nitrogens is 1. The van der Waals surface area contributed by atoms with Gasteiger partial charge in [0.25, 0.3) is 0 Å². The van der Waals surface area contributed by atoms with Crippen molar-refractivity contribution in [1.82, 2.24) is 4.98 Å². The van der Waals surface area contributed by atoms with Crippen LogP contribution in [0.5, 0.6) is 0 Å². The van der Waals surface area contributed by atoms with Gasteiger partial charge in [0.2, 0.25) is 0 Å². The Morgan fingerprint density at radius 3 is 2.38 bits per heavy atom. The lowest BCUT2D eigenvalue weighted by molar-refractivity contribution is 1.03. The van der Waals surface area contributed by atoms with E-state index in [0.29, 0.717) is 0 Å². The molecule has 0 radical (unpaired) electrons. The summed E-state index contributed by atoms with van der Waals surface area (Å²) < 4.78 is 0.944. The molecule has 0 atom stereocenters. The largest absolute Gasteiger partial charge is 0.246 e. The molecule has 0 N–H and O–H groups in total. The summed E-state index contributed by atoms with van der Waals surface area (Å²) in [5.41, 5.74) is 2.62. The van der Waals surface area contributed by atoms with Crippen LogP contribution in [0, 0.1) is 6.92 Å². The molecule has 1 aromatic heterocycles. The van der Waals surface area contributed by atoms with E-state index >= 15 is 0 Å². The van der Waals surface area contributed by atoms with Gasteiger partial charge in [0.15, 0.2) is 0 Å². The molecule has 1 saturated carbocycles. The van der Waals surface area contributed by atoms with Crippen molar-refractivity contribution in [3.63, 3.8) is 0 Å². The third-order valence-corrected chi connectivity index (χ3v) is 2.55. The summed E-state index contributed by atoms with van der Waals surface area (Å²) in [6.45, 7) is 6.08. The normalized spacial score (nSPS) is 14.8. The second kappa shape index (κ2) is 4.75. The topological polar surface area (TPSA) is 12.9 Å². The summed E-state index contributed by atoms with van der Waals surface area (Å²) in [5, 5.41) is 0. The number of hydrogen-bond donors (Lipinski definition) is 0. The summed E-state index contributed by atoms with van der Waals surface area (Å²) in [6.07, 6.45) is 2.70. The zero-order valence-electron chi connectivity index (χ0n) is 8.47. The van der Waals surface area contributed by atoms with Gasteiger partial charge in [-0.2, -0.15) is 0 Å². The predicted molar refractivity (Wildman–Crippen MR) is 60.0 cm³/mol. The third kappa shape index (κ3) is 2.80. The van der Waals surface area contributed by atoms with Crippen LogP contribution in [0.4, 0.5) is 0 Å². The Kier molecular flexibility index (Phi) is 3.91. The van der Waals surface area contributed by atoms with Crippen LogP contribution >= 0.6 is 15.9 Å². The fourth-order valence-electron chi connectivity index (χ4n) is 1.37. The highest BCUT2D eigenvalue weighted by Gasteiger charge is 2.25. The molecule has 0 aromatic carbocycles. The molecular formula is C11H16BrN. The van der Waals surface area contributed by atoms with Crippen molar-refractivity contribution in [3.8, 4) is 0 Å². The molecule has 1 aromatic rings. The minimum Gasteiger partial charge on any atom is -0.246 e. The van der Waals surface area contributed by atoms with E-state index in [2.05, 4.69) is 33.9 Å². The predicted octanol–water partition coefficient (Wildman–Crippen LogP) is 4.06. The lowest BCUT2D eigenvalue weighted by Gasteiger charge is -2.01. The molecule has 1 fully saturated rings.